The van der Waals surface area contributed by atoms with Gasteiger partial charge in [-0.05, 0) is 45.7 Å². The van der Waals surface area contributed by atoms with E-state index in [0.717, 1.165) is 58.4 Å². The molecule has 3 rings (SSSR count). The van der Waals surface area contributed by atoms with E-state index in [2.05, 4.69) is 15.1 Å². The molecule has 6 heteroatoms. The first-order chi connectivity index (χ1) is 12.6. The first-order valence-corrected chi connectivity index (χ1v) is 10.5. The van der Waals surface area contributed by atoms with Crippen molar-refractivity contribution >= 4 is 11.8 Å². The Bertz CT molecular complexity index is 478. The van der Waals surface area contributed by atoms with Gasteiger partial charge in [0.05, 0.1) is 6.04 Å². The van der Waals surface area contributed by atoms with Crippen LogP contribution in [0.1, 0.15) is 44.9 Å². The van der Waals surface area contributed by atoms with Gasteiger partial charge in [-0.25, -0.2) is 0 Å². The Kier molecular flexibility index (Phi) is 6.92. The predicted molar refractivity (Wildman–Crippen MR) is 103 cm³/mol. The second-order valence-corrected chi connectivity index (χ2v) is 8.57. The standard InChI is InChI=1S/C20H36N4O2/c1-22(2)11-10-21-19(25)18(16-6-3-4-7-16)23-12-14-24(15-13-23)20(26)17-8-5-9-17/h16-18H,3-15H2,1-2H3,(H,21,25). The van der Waals surface area contributed by atoms with Gasteiger partial charge in [0.15, 0.2) is 0 Å². The van der Waals surface area contributed by atoms with Gasteiger partial charge in [0, 0.05) is 45.2 Å². The molecule has 1 saturated heterocycles. The van der Waals surface area contributed by atoms with Gasteiger partial charge in [-0.15, -0.1) is 0 Å². The maximum atomic E-state index is 12.9. The van der Waals surface area contributed by atoms with E-state index in [1.165, 1.54) is 19.3 Å². The van der Waals surface area contributed by atoms with E-state index in [4.69, 9.17) is 0 Å². The molecule has 0 bridgehead atoms. The van der Waals surface area contributed by atoms with Gasteiger partial charge in [0.1, 0.15) is 0 Å². The lowest BCUT2D eigenvalue weighted by Gasteiger charge is -2.42. The van der Waals surface area contributed by atoms with Crippen LogP contribution in [0.2, 0.25) is 0 Å². The highest BCUT2D eigenvalue weighted by molar-refractivity contribution is 5.82. The summed E-state index contributed by atoms with van der Waals surface area (Å²) in [5, 5.41) is 3.16. The second-order valence-electron chi connectivity index (χ2n) is 8.57. The Labute approximate surface area is 158 Å². The van der Waals surface area contributed by atoms with E-state index < -0.39 is 0 Å². The van der Waals surface area contributed by atoms with Crippen LogP contribution in [-0.4, -0.2) is 85.9 Å². The number of nitrogens with zero attached hydrogens (tertiary/aromatic N) is 3. The molecule has 0 spiro atoms. The zero-order chi connectivity index (χ0) is 18.5. The molecule has 0 aromatic heterocycles. The summed E-state index contributed by atoms with van der Waals surface area (Å²) in [4.78, 5) is 31.9. The van der Waals surface area contributed by atoms with Crippen molar-refractivity contribution in [3.8, 4) is 0 Å². The van der Waals surface area contributed by atoms with Gasteiger partial charge >= 0.3 is 0 Å². The van der Waals surface area contributed by atoms with Gasteiger partial charge in [-0.1, -0.05) is 19.3 Å². The van der Waals surface area contributed by atoms with Crippen molar-refractivity contribution in [3.05, 3.63) is 0 Å². The molecular formula is C20H36N4O2. The average molecular weight is 365 g/mol. The number of rotatable bonds is 7. The summed E-state index contributed by atoms with van der Waals surface area (Å²) in [7, 11) is 4.05. The van der Waals surface area contributed by atoms with Crippen molar-refractivity contribution in [3.63, 3.8) is 0 Å². The molecule has 3 fully saturated rings. The summed E-state index contributed by atoms with van der Waals surface area (Å²) in [5.41, 5.74) is 0. The molecule has 0 aromatic carbocycles. The summed E-state index contributed by atoms with van der Waals surface area (Å²) < 4.78 is 0. The highest BCUT2D eigenvalue weighted by Gasteiger charge is 2.38. The molecule has 1 N–H and O–H groups in total. The molecule has 0 radical (unpaired) electrons. The van der Waals surface area contributed by atoms with E-state index in [-0.39, 0.29) is 17.9 Å². The zero-order valence-electron chi connectivity index (χ0n) is 16.6. The molecule has 2 amide bonds. The predicted octanol–water partition coefficient (Wildman–Crippen LogP) is 1.17. The van der Waals surface area contributed by atoms with Gasteiger partial charge in [0.25, 0.3) is 0 Å². The molecule has 1 aliphatic heterocycles. The van der Waals surface area contributed by atoms with Gasteiger partial charge in [0.2, 0.25) is 11.8 Å². The maximum Gasteiger partial charge on any atom is 0.237 e. The number of hydrogen-bond acceptors (Lipinski definition) is 4. The fraction of sp³-hybridized carbons (Fsp3) is 0.900. The van der Waals surface area contributed by atoms with Crippen LogP contribution in [-0.2, 0) is 9.59 Å². The summed E-state index contributed by atoms with van der Waals surface area (Å²) in [6, 6.07) is -0.0133. The van der Waals surface area contributed by atoms with Crippen LogP contribution in [0.25, 0.3) is 0 Å². The number of nitrogens with one attached hydrogen (secondary N) is 1. The van der Waals surface area contributed by atoms with E-state index in [9.17, 15) is 9.59 Å². The smallest absolute Gasteiger partial charge is 0.237 e. The molecule has 26 heavy (non-hydrogen) atoms. The second kappa shape index (κ2) is 9.18. The van der Waals surface area contributed by atoms with Crippen LogP contribution in [0.5, 0.6) is 0 Å². The molecule has 3 aliphatic rings. The summed E-state index contributed by atoms with van der Waals surface area (Å²) in [5.74, 6) is 1.30. The van der Waals surface area contributed by atoms with Crippen molar-refractivity contribution in [2.45, 2.75) is 51.0 Å². The number of likely N-dealkylation sites (N-methyl/N-ethyl adjacent to an activating group) is 1. The largest absolute Gasteiger partial charge is 0.353 e. The Balaban J connectivity index is 1.55. The Morgan fingerprint density at radius 1 is 1.00 bits per heavy atom. The van der Waals surface area contributed by atoms with Crippen LogP contribution < -0.4 is 5.32 Å². The van der Waals surface area contributed by atoms with Crippen LogP contribution in [0.15, 0.2) is 0 Å². The Morgan fingerprint density at radius 3 is 2.19 bits per heavy atom. The van der Waals surface area contributed by atoms with Crippen molar-refractivity contribution in [2.24, 2.45) is 11.8 Å². The van der Waals surface area contributed by atoms with E-state index >= 15 is 0 Å². The van der Waals surface area contributed by atoms with Crippen molar-refractivity contribution < 1.29 is 9.59 Å². The van der Waals surface area contributed by atoms with E-state index in [0.29, 0.717) is 18.4 Å². The molecule has 2 saturated carbocycles. The van der Waals surface area contributed by atoms with Crippen LogP contribution >= 0.6 is 0 Å². The average Bonchev–Trinajstić information content (AvgIpc) is 3.08. The number of piperazine rings is 1. The lowest BCUT2D eigenvalue weighted by molar-refractivity contribution is -0.141. The number of hydrogen-bond donors (Lipinski definition) is 1. The minimum atomic E-state index is -0.0133. The zero-order valence-corrected chi connectivity index (χ0v) is 16.6. The molecule has 148 valence electrons. The lowest BCUT2D eigenvalue weighted by atomic mass is 9.84. The monoisotopic (exact) mass is 364 g/mol. The minimum absolute atomic E-state index is 0.0133. The van der Waals surface area contributed by atoms with Crippen molar-refractivity contribution in [1.82, 2.24) is 20.0 Å². The third-order valence-electron chi connectivity index (χ3n) is 6.45. The molecule has 0 aromatic rings. The van der Waals surface area contributed by atoms with Crippen LogP contribution in [0.4, 0.5) is 0 Å². The third-order valence-corrected chi connectivity index (χ3v) is 6.45. The van der Waals surface area contributed by atoms with Crippen molar-refractivity contribution in [2.75, 3.05) is 53.4 Å². The maximum absolute atomic E-state index is 12.9. The van der Waals surface area contributed by atoms with Gasteiger partial charge in [-0.3, -0.25) is 14.5 Å². The van der Waals surface area contributed by atoms with E-state index in [1.807, 2.05) is 19.0 Å². The minimum Gasteiger partial charge on any atom is -0.353 e. The van der Waals surface area contributed by atoms with E-state index in [1.54, 1.807) is 0 Å². The molecular weight excluding hydrogens is 328 g/mol. The summed E-state index contributed by atoms with van der Waals surface area (Å²) in [6.45, 7) is 4.80. The molecule has 1 atom stereocenters. The Hall–Kier alpha value is -1.14. The summed E-state index contributed by atoms with van der Waals surface area (Å²) in [6.07, 6.45) is 8.14. The summed E-state index contributed by atoms with van der Waals surface area (Å²) >= 11 is 0. The molecule has 1 heterocycles. The number of carbonyl (C=O) groups is 2. The molecule has 1 unspecified atom stereocenters. The fourth-order valence-electron chi connectivity index (χ4n) is 4.59. The topological polar surface area (TPSA) is 55.9 Å². The first-order valence-electron chi connectivity index (χ1n) is 10.5. The third kappa shape index (κ3) is 4.77. The fourth-order valence-corrected chi connectivity index (χ4v) is 4.59. The highest BCUT2D eigenvalue weighted by Crippen LogP contribution is 2.32. The first kappa shape index (κ1) is 19.6. The normalized spacial score (nSPS) is 23.9. The van der Waals surface area contributed by atoms with Crippen LogP contribution in [0, 0.1) is 11.8 Å². The van der Waals surface area contributed by atoms with Gasteiger partial charge in [-0.2, -0.15) is 0 Å². The quantitative estimate of drug-likeness (QED) is 0.737. The number of carbonyl (C=O) groups excluding carboxylic acids is 2. The molecule has 2 aliphatic carbocycles. The SMILES string of the molecule is CN(C)CCNC(=O)C(C1CCCC1)N1CCN(C(=O)C2CCC2)CC1. The van der Waals surface area contributed by atoms with Crippen molar-refractivity contribution in [1.29, 1.82) is 0 Å². The Morgan fingerprint density at radius 2 is 1.65 bits per heavy atom. The highest BCUT2D eigenvalue weighted by atomic mass is 16.2. The molecule has 6 nitrogen and oxygen atoms in total. The van der Waals surface area contributed by atoms with Gasteiger partial charge < -0.3 is 15.1 Å². The number of amides is 2. The van der Waals surface area contributed by atoms with Crippen LogP contribution in [0.3, 0.4) is 0 Å². The lowest BCUT2D eigenvalue weighted by Crippen LogP contribution is -2.59.